The first kappa shape index (κ1) is 21.3. The first-order valence-electron chi connectivity index (χ1n) is 10.8. The molecule has 160 valence electrons. The molecular weight excluding hydrogens is 444 g/mol. The van der Waals surface area contributed by atoms with Gasteiger partial charge in [0, 0.05) is 30.7 Å². The molecule has 30 heavy (non-hydrogen) atoms. The zero-order chi connectivity index (χ0) is 20.8. The molecule has 0 unspecified atom stereocenters. The fourth-order valence-corrected chi connectivity index (χ4v) is 4.55. The maximum atomic E-state index is 13.2. The number of ether oxygens (including phenoxy) is 2. The van der Waals surface area contributed by atoms with Crippen molar-refractivity contribution in [3.63, 3.8) is 0 Å². The Labute approximate surface area is 187 Å². The molecular formula is C24H29BrN2O3. The highest BCUT2D eigenvalue weighted by Gasteiger charge is 2.26. The van der Waals surface area contributed by atoms with Crippen molar-refractivity contribution in [3.05, 3.63) is 58.6 Å². The Morgan fingerprint density at radius 1 is 1.03 bits per heavy atom. The molecule has 6 heteroatoms. The molecule has 0 saturated carbocycles. The van der Waals surface area contributed by atoms with Crippen molar-refractivity contribution < 1.29 is 14.3 Å². The third-order valence-corrected chi connectivity index (χ3v) is 6.49. The Morgan fingerprint density at radius 2 is 1.80 bits per heavy atom. The molecule has 1 amide bonds. The van der Waals surface area contributed by atoms with Crippen LogP contribution in [0.4, 0.5) is 0 Å². The molecule has 0 spiro atoms. The zero-order valence-corrected chi connectivity index (χ0v) is 18.9. The summed E-state index contributed by atoms with van der Waals surface area (Å²) in [4.78, 5) is 17.7. The lowest BCUT2D eigenvalue weighted by Crippen LogP contribution is -2.40. The summed E-state index contributed by atoms with van der Waals surface area (Å²) in [5, 5.41) is 0. The molecule has 0 atom stereocenters. The number of rotatable bonds is 6. The van der Waals surface area contributed by atoms with Gasteiger partial charge in [-0.1, -0.05) is 34.1 Å². The summed E-state index contributed by atoms with van der Waals surface area (Å²) in [6, 6.07) is 15.2. The minimum absolute atomic E-state index is 0.0622. The number of nitrogens with zero attached hydrogens (tertiary/aromatic N) is 2. The second-order valence-electron chi connectivity index (χ2n) is 8.03. The summed E-state index contributed by atoms with van der Waals surface area (Å²) in [6.07, 6.45) is 3.36. The van der Waals surface area contributed by atoms with E-state index in [-0.39, 0.29) is 5.91 Å². The van der Waals surface area contributed by atoms with E-state index in [1.807, 2.05) is 53.4 Å². The van der Waals surface area contributed by atoms with E-state index in [1.165, 1.54) is 6.42 Å². The number of hydrogen-bond donors (Lipinski definition) is 0. The molecule has 2 fully saturated rings. The van der Waals surface area contributed by atoms with Gasteiger partial charge in [0.1, 0.15) is 11.5 Å². The minimum atomic E-state index is 0.0622. The van der Waals surface area contributed by atoms with Crippen molar-refractivity contribution in [2.45, 2.75) is 19.3 Å². The van der Waals surface area contributed by atoms with Crippen LogP contribution in [0.1, 0.15) is 29.6 Å². The number of piperidine rings is 1. The molecule has 2 aliphatic heterocycles. The van der Waals surface area contributed by atoms with Crippen LogP contribution in [0.3, 0.4) is 0 Å². The SMILES string of the molecule is O=C(c1ccccc1Oc1cccc(Br)c1)N1CCC(CCN2CCOCC2)CC1. The number of para-hydroxylation sites is 1. The van der Waals surface area contributed by atoms with Crippen LogP contribution in [0.5, 0.6) is 11.5 Å². The number of amides is 1. The van der Waals surface area contributed by atoms with E-state index < -0.39 is 0 Å². The second-order valence-corrected chi connectivity index (χ2v) is 8.95. The topological polar surface area (TPSA) is 42.0 Å². The van der Waals surface area contributed by atoms with Gasteiger partial charge in [-0.2, -0.15) is 0 Å². The first-order chi connectivity index (χ1) is 14.7. The van der Waals surface area contributed by atoms with Crippen LogP contribution in [-0.2, 0) is 4.74 Å². The van der Waals surface area contributed by atoms with Gasteiger partial charge in [0.05, 0.1) is 18.8 Å². The Kier molecular flexibility index (Phi) is 7.42. The number of carbonyl (C=O) groups is 1. The average Bonchev–Trinajstić information content (AvgIpc) is 2.79. The molecule has 4 rings (SSSR count). The van der Waals surface area contributed by atoms with Crippen molar-refractivity contribution in [2.24, 2.45) is 5.92 Å². The number of morpholine rings is 1. The maximum Gasteiger partial charge on any atom is 0.257 e. The van der Waals surface area contributed by atoms with Gasteiger partial charge < -0.3 is 14.4 Å². The van der Waals surface area contributed by atoms with E-state index in [1.54, 1.807) is 0 Å². The lowest BCUT2D eigenvalue weighted by molar-refractivity contribution is 0.0332. The largest absolute Gasteiger partial charge is 0.456 e. The van der Waals surface area contributed by atoms with Gasteiger partial charge in [-0.15, -0.1) is 0 Å². The second kappa shape index (κ2) is 10.4. The zero-order valence-electron chi connectivity index (χ0n) is 17.3. The highest BCUT2D eigenvalue weighted by molar-refractivity contribution is 9.10. The van der Waals surface area contributed by atoms with Crippen molar-refractivity contribution in [1.29, 1.82) is 0 Å². The summed E-state index contributed by atoms with van der Waals surface area (Å²) in [6.45, 7) is 6.59. The van der Waals surface area contributed by atoms with Crippen LogP contribution in [-0.4, -0.2) is 61.6 Å². The minimum Gasteiger partial charge on any atom is -0.456 e. The average molecular weight is 473 g/mol. The molecule has 2 heterocycles. The van der Waals surface area contributed by atoms with Gasteiger partial charge in [0.25, 0.3) is 5.91 Å². The molecule has 2 aromatic rings. The number of likely N-dealkylation sites (tertiary alicyclic amines) is 1. The summed E-state index contributed by atoms with van der Waals surface area (Å²) >= 11 is 3.46. The van der Waals surface area contributed by atoms with Gasteiger partial charge >= 0.3 is 0 Å². The Balaban J connectivity index is 1.33. The third-order valence-electron chi connectivity index (χ3n) is 6.00. The normalized spacial score (nSPS) is 18.4. The van der Waals surface area contributed by atoms with Crippen molar-refractivity contribution in [2.75, 3.05) is 45.9 Å². The molecule has 2 aliphatic rings. The van der Waals surface area contributed by atoms with Crippen LogP contribution < -0.4 is 4.74 Å². The number of carbonyl (C=O) groups excluding carboxylic acids is 1. The summed E-state index contributed by atoms with van der Waals surface area (Å²) in [5.74, 6) is 2.08. The lowest BCUT2D eigenvalue weighted by atomic mass is 9.93. The number of benzene rings is 2. The Hall–Kier alpha value is -1.89. The van der Waals surface area contributed by atoms with Crippen molar-refractivity contribution >= 4 is 21.8 Å². The fourth-order valence-electron chi connectivity index (χ4n) is 4.17. The van der Waals surface area contributed by atoms with Gasteiger partial charge in [0.2, 0.25) is 0 Å². The highest BCUT2D eigenvalue weighted by Crippen LogP contribution is 2.29. The summed E-state index contributed by atoms with van der Waals surface area (Å²) < 4.78 is 12.4. The first-order valence-corrected chi connectivity index (χ1v) is 11.6. The summed E-state index contributed by atoms with van der Waals surface area (Å²) in [5.41, 5.74) is 0.629. The third kappa shape index (κ3) is 5.62. The van der Waals surface area contributed by atoms with Gasteiger partial charge in [-0.25, -0.2) is 0 Å². The highest BCUT2D eigenvalue weighted by atomic mass is 79.9. The van der Waals surface area contributed by atoms with E-state index >= 15 is 0 Å². The molecule has 0 aromatic heterocycles. The molecule has 5 nitrogen and oxygen atoms in total. The smallest absolute Gasteiger partial charge is 0.257 e. The Bertz CT molecular complexity index is 846. The van der Waals surface area contributed by atoms with E-state index in [9.17, 15) is 4.79 Å². The molecule has 2 aromatic carbocycles. The van der Waals surface area contributed by atoms with E-state index in [2.05, 4.69) is 20.8 Å². The van der Waals surface area contributed by atoms with E-state index in [4.69, 9.17) is 9.47 Å². The van der Waals surface area contributed by atoms with Gasteiger partial charge in [0.15, 0.2) is 0 Å². The van der Waals surface area contributed by atoms with Crippen molar-refractivity contribution in [1.82, 2.24) is 9.80 Å². The quantitative estimate of drug-likeness (QED) is 0.604. The van der Waals surface area contributed by atoms with Gasteiger partial charge in [-0.3, -0.25) is 9.69 Å². The monoisotopic (exact) mass is 472 g/mol. The predicted octanol–water partition coefficient (Wildman–Crippen LogP) is 4.82. The van der Waals surface area contributed by atoms with E-state index in [0.29, 0.717) is 23.0 Å². The van der Waals surface area contributed by atoms with Crippen LogP contribution in [0.25, 0.3) is 0 Å². The van der Waals surface area contributed by atoms with Crippen LogP contribution in [0, 0.1) is 5.92 Å². The Morgan fingerprint density at radius 3 is 2.57 bits per heavy atom. The summed E-state index contributed by atoms with van der Waals surface area (Å²) in [7, 11) is 0. The molecule has 0 N–H and O–H groups in total. The molecule has 2 saturated heterocycles. The van der Waals surface area contributed by atoms with Crippen LogP contribution in [0.2, 0.25) is 0 Å². The van der Waals surface area contributed by atoms with E-state index in [0.717, 1.165) is 63.3 Å². The number of hydrogen-bond acceptors (Lipinski definition) is 4. The van der Waals surface area contributed by atoms with Gasteiger partial charge in [-0.05, 0) is 62.1 Å². The molecule has 0 bridgehead atoms. The van der Waals surface area contributed by atoms with Crippen LogP contribution in [0.15, 0.2) is 53.0 Å². The lowest BCUT2D eigenvalue weighted by Gasteiger charge is -2.34. The molecule has 0 aliphatic carbocycles. The molecule has 0 radical (unpaired) electrons. The maximum absolute atomic E-state index is 13.2. The fraction of sp³-hybridized carbons (Fsp3) is 0.458. The van der Waals surface area contributed by atoms with Crippen molar-refractivity contribution in [3.8, 4) is 11.5 Å². The number of halogens is 1. The predicted molar refractivity (Wildman–Crippen MR) is 121 cm³/mol. The van der Waals surface area contributed by atoms with Crippen LogP contribution >= 0.6 is 15.9 Å². The standard InChI is InChI=1S/C24H29BrN2O3/c25-20-4-3-5-21(18-20)30-23-7-2-1-6-22(23)24(28)27-12-9-19(10-13-27)8-11-26-14-16-29-17-15-26/h1-7,18-19H,8-17H2.